The normalized spacial score (nSPS) is 2.45. The number of hydrogen-bond donors (Lipinski definition) is 4. The van der Waals surface area contributed by atoms with Gasteiger partial charge in [0.05, 0.1) is 0 Å². The summed E-state index contributed by atoms with van der Waals surface area (Å²) in [5.74, 6) is 0. The molecule has 11 heteroatoms. The molecule has 0 spiro atoms. The Morgan fingerprint density at radius 1 is 0.545 bits per heavy atom. The molecule has 0 atom stereocenters. The summed E-state index contributed by atoms with van der Waals surface area (Å²) >= 11 is 0. The first-order valence-electron chi connectivity index (χ1n) is 0.775. The Hall–Kier alpha value is -0.335. The van der Waals surface area contributed by atoms with Crippen LogP contribution in [-0.4, -0.2) is 55.3 Å². The van der Waals surface area contributed by atoms with Crippen LogP contribution in [0.5, 0.6) is 0 Å². The highest BCUT2D eigenvalue weighted by Gasteiger charge is 1.92. The van der Waals surface area contributed by atoms with E-state index in [4.69, 9.17) is 15.1 Å². The minimum absolute atomic E-state index is 0. The lowest BCUT2D eigenvalue weighted by molar-refractivity contribution is 0.278. The van der Waals surface area contributed by atoms with E-state index in [-0.39, 0.29) is 39.0 Å². The van der Waals surface area contributed by atoms with Gasteiger partial charge in [0, 0.05) is 0 Å². The highest BCUT2D eigenvalue weighted by molar-refractivity contribution is 6.30. The minimum Gasteiger partial charge on any atom is -0.412 e. The maximum absolute atomic E-state index is 7.17. The predicted octanol–water partition coefficient (Wildman–Crippen LogP) is -6.84. The third-order valence-electron chi connectivity index (χ3n) is 0. The van der Waals surface area contributed by atoms with Crippen LogP contribution in [0.4, 0.5) is 0 Å². The molecule has 0 aromatic carbocycles. The number of hydrogen-bond acceptors (Lipinski definition) is 4. The van der Waals surface area contributed by atoms with Crippen LogP contribution in [0.15, 0.2) is 0 Å². The summed E-state index contributed by atoms with van der Waals surface area (Å²) in [6, 6.07) is 0. The van der Waals surface area contributed by atoms with Crippen molar-refractivity contribution in [2.75, 3.05) is 0 Å². The van der Waals surface area contributed by atoms with Crippen molar-refractivity contribution in [1.29, 1.82) is 0 Å². The molecule has 0 aliphatic carbocycles. The summed E-state index contributed by atoms with van der Waals surface area (Å²) in [7, 11) is -2.17. The topological polar surface area (TPSA) is 285 Å². The van der Waals surface area contributed by atoms with Crippen LogP contribution in [0.2, 0.25) is 0 Å². The SMILES string of the molecule is N.O.O.O.O.O.O.OB(O)O. The summed E-state index contributed by atoms with van der Waals surface area (Å²) in [6.45, 7) is 0. The fourth-order valence-corrected chi connectivity index (χ4v) is 0. The van der Waals surface area contributed by atoms with Gasteiger partial charge in [-0.3, -0.25) is 0 Å². The molecule has 80 valence electrons. The Kier molecular flexibility index (Phi) is 1300. The van der Waals surface area contributed by atoms with E-state index >= 15 is 0 Å². The molecule has 0 aliphatic heterocycles. The molecule has 0 amide bonds. The van der Waals surface area contributed by atoms with E-state index in [2.05, 4.69) is 0 Å². The first-order chi connectivity index (χ1) is 1.73. The van der Waals surface area contributed by atoms with Crippen molar-refractivity contribution in [3.63, 3.8) is 0 Å². The van der Waals surface area contributed by atoms with E-state index in [1.165, 1.54) is 0 Å². The van der Waals surface area contributed by atoms with Gasteiger partial charge in [0.2, 0.25) is 0 Å². The van der Waals surface area contributed by atoms with Gasteiger partial charge < -0.3 is 54.1 Å². The standard InChI is InChI=1S/BH3O3.H3N.6H2O/c2-1(3)4;;;;;;;/h2-4H;1H3;6*1H2. The van der Waals surface area contributed by atoms with Crippen molar-refractivity contribution in [3.05, 3.63) is 0 Å². The van der Waals surface area contributed by atoms with Gasteiger partial charge in [-0.1, -0.05) is 0 Å². The second-order valence-electron chi connectivity index (χ2n) is 0.346. The molecule has 0 saturated carbocycles. The lowest BCUT2D eigenvalue weighted by Gasteiger charge is -1.69. The highest BCUT2D eigenvalue weighted by atomic mass is 16.5. The van der Waals surface area contributed by atoms with Crippen molar-refractivity contribution in [2.24, 2.45) is 0 Å². The Bertz CT molecular complexity index is 14.3. The molecule has 0 heterocycles. The van der Waals surface area contributed by atoms with E-state index in [1.807, 2.05) is 0 Å². The summed E-state index contributed by atoms with van der Waals surface area (Å²) in [4.78, 5) is 0. The zero-order valence-corrected chi connectivity index (χ0v) is 5.63. The third kappa shape index (κ3) is 5060. The molecular formula is H18BNO9. The first kappa shape index (κ1) is 140. The maximum Gasteiger partial charge on any atom is 0.631 e. The molecule has 0 aliphatic rings. The molecule has 0 rings (SSSR count). The van der Waals surface area contributed by atoms with Gasteiger partial charge >= 0.3 is 7.32 Å². The Morgan fingerprint density at radius 3 is 0.545 bits per heavy atom. The molecule has 18 N–H and O–H groups in total. The van der Waals surface area contributed by atoms with Gasteiger partial charge in [0.15, 0.2) is 0 Å². The van der Waals surface area contributed by atoms with E-state index < -0.39 is 7.32 Å². The molecule has 0 aromatic rings. The van der Waals surface area contributed by atoms with Crippen LogP contribution in [-0.2, 0) is 0 Å². The van der Waals surface area contributed by atoms with Crippen LogP contribution >= 0.6 is 0 Å². The highest BCUT2D eigenvalue weighted by Crippen LogP contribution is 1.40. The van der Waals surface area contributed by atoms with E-state index in [0.717, 1.165) is 0 Å². The van der Waals surface area contributed by atoms with Crippen LogP contribution in [0.25, 0.3) is 0 Å². The molecule has 0 aromatic heterocycles. The zero-order chi connectivity index (χ0) is 3.58. The van der Waals surface area contributed by atoms with Gasteiger partial charge in [-0.15, -0.1) is 0 Å². The molecule has 0 saturated heterocycles. The van der Waals surface area contributed by atoms with Gasteiger partial charge in [-0.2, -0.15) is 0 Å². The van der Waals surface area contributed by atoms with E-state index in [1.54, 1.807) is 0 Å². The van der Waals surface area contributed by atoms with Gasteiger partial charge in [-0.25, -0.2) is 0 Å². The minimum atomic E-state index is -2.17. The summed E-state index contributed by atoms with van der Waals surface area (Å²) in [5, 5.41) is 21.5. The lowest BCUT2D eigenvalue weighted by Crippen LogP contribution is -2.07. The van der Waals surface area contributed by atoms with Crippen molar-refractivity contribution in [1.82, 2.24) is 6.15 Å². The monoisotopic (exact) mass is 187 g/mol. The van der Waals surface area contributed by atoms with Gasteiger partial charge in [-0.05, 0) is 0 Å². The van der Waals surface area contributed by atoms with Gasteiger partial charge in [0.1, 0.15) is 0 Å². The summed E-state index contributed by atoms with van der Waals surface area (Å²) in [6.07, 6.45) is 0. The Balaban J connectivity index is -0.00000000214. The third-order valence-corrected chi connectivity index (χ3v) is 0. The largest absolute Gasteiger partial charge is 0.631 e. The smallest absolute Gasteiger partial charge is 0.412 e. The maximum atomic E-state index is 7.17. The average Bonchev–Trinajstić information content (AvgIpc) is 0.811. The van der Waals surface area contributed by atoms with Crippen LogP contribution < -0.4 is 6.15 Å². The van der Waals surface area contributed by atoms with E-state index in [9.17, 15) is 0 Å². The zero-order valence-electron chi connectivity index (χ0n) is 5.63. The first-order valence-corrected chi connectivity index (χ1v) is 0.775. The quantitative estimate of drug-likeness (QED) is 0.268. The molecular weight excluding hydrogens is 169 g/mol. The van der Waals surface area contributed by atoms with Crippen LogP contribution in [0.1, 0.15) is 0 Å². The second kappa shape index (κ2) is 102. The van der Waals surface area contributed by atoms with E-state index in [0.29, 0.717) is 0 Å². The van der Waals surface area contributed by atoms with Crippen molar-refractivity contribution < 1.29 is 47.9 Å². The molecule has 0 bridgehead atoms. The fourth-order valence-electron chi connectivity index (χ4n) is 0. The summed E-state index contributed by atoms with van der Waals surface area (Å²) in [5.41, 5.74) is 0. The molecule has 11 heavy (non-hydrogen) atoms. The van der Waals surface area contributed by atoms with Crippen molar-refractivity contribution in [3.8, 4) is 0 Å². The van der Waals surface area contributed by atoms with Gasteiger partial charge in [0.25, 0.3) is 0 Å². The summed E-state index contributed by atoms with van der Waals surface area (Å²) < 4.78 is 0. The lowest BCUT2D eigenvalue weighted by atomic mass is 10.3. The van der Waals surface area contributed by atoms with Crippen LogP contribution in [0.3, 0.4) is 0 Å². The molecule has 10 nitrogen and oxygen atoms in total. The fraction of sp³-hybridized carbons (Fsp3) is 0. The number of rotatable bonds is 0. The predicted molar refractivity (Wildman–Crippen MR) is 39.1 cm³/mol. The molecule has 0 fully saturated rings. The molecule has 0 radical (unpaired) electrons. The van der Waals surface area contributed by atoms with Crippen LogP contribution in [0, 0.1) is 0 Å². The average molecular weight is 187 g/mol. The van der Waals surface area contributed by atoms with Crippen molar-refractivity contribution >= 4 is 7.32 Å². The second-order valence-corrected chi connectivity index (χ2v) is 0.346. The Morgan fingerprint density at radius 2 is 0.545 bits per heavy atom. The van der Waals surface area contributed by atoms with Crippen molar-refractivity contribution in [2.45, 2.75) is 0 Å². The Labute approximate surface area is 62.7 Å². The molecule has 0 unspecified atom stereocenters.